The molecule has 0 spiro atoms. The van der Waals surface area contributed by atoms with Crippen LogP contribution in [-0.2, 0) is 4.79 Å². The zero-order chi connectivity index (χ0) is 13.3. The quantitative estimate of drug-likeness (QED) is 0.647. The Labute approximate surface area is 111 Å². The lowest BCUT2D eigenvalue weighted by molar-refractivity contribution is -0.131. The maximum atomic E-state index is 12.0. The molecule has 0 aromatic carbocycles. The van der Waals surface area contributed by atoms with E-state index in [4.69, 9.17) is 18.0 Å². The second kappa shape index (κ2) is 9.40. The molecule has 0 aliphatic rings. The number of carbonyl (C=O) groups excluding carboxylic acids is 1. The van der Waals surface area contributed by atoms with Crippen molar-refractivity contribution in [2.24, 2.45) is 11.7 Å². The van der Waals surface area contributed by atoms with Crippen LogP contribution in [0.4, 0.5) is 0 Å². The Morgan fingerprint density at radius 2 is 1.94 bits per heavy atom. The van der Waals surface area contributed by atoms with Gasteiger partial charge in [0.15, 0.2) is 0 Å². The van der Waals surface area contributed by atoms with E-state index in [1.807, 2.05) is 4.90 Å². The van der Waals surface area contributed by atoms with Crippen molar-refractivity contribution >= 4 is 23.1 Å². The highest BCUT2D eigenvalue weighted by molar-refractivity contribution is 7.80. The van der Waals surface area contributed by atoms with E-state index in [9.17, 15) is 4.79 Å². The standard InChI is InChI=1S/C13H26N2OS/c1-4-5-6-13(16)15(9-7-11(2)3)10-8-12(14)17/h11H,4-10H2,1-3H3,(H2,14,17). The van der Waals surface area contributed by atoms with Gasteiger partial charge in [0.1, 0.15) is 0 Å². The Morgan fingerprint density at radius 1 is 1.29 bits per heavy atom. The molecule has 17 heavy (non-hydrogen) atoms. The molecular formula is C13H26N2OS. The Hall–Kier alpha value is -0.640. The van der Waals surface area contributed by atoms with Crippen molar-refractivity contribution in [3.8, 4) is 0 Å². The summed E-state index contributed by atoms with van der Waals surface area (Å²) in [5, 5.41) is 0. The van der Waals surface area contributed by atoms with Crippen molar-refractivity contribution in [1.29, 1.82) is 0 Å². The minimum absolute atomic E-state index is 0.240. The molecule has 0 saturated carbocycles. The van der Waals surface area contributed by atoms with Crippen LogP contribution in [-0.4, -0.2) is 28.9 Å². The first-order valence-corrected chi connectivity index (χ1v) is 6.94. The van der Waals surface area contributed by atoms with Crippen LogP contribution in [0.3, 0.4) is 0 Å². The molecule has 0 aromatic heterocycles. The fraction of sp³-hybridized carbons (Fsp3) is 0.846. The Kier molecular flexibility index (Phi) is 9.04. The molecule has 0 heterocycles. The summed E-state index contributed by atoms with van der Waals surface area (Å²) in [4.78, 5) is 14.4. The van der Waals surface area contributed by atoms with Gasteiger partial charge in [-0.25, -0.2) is 0 Å². The number of rotatable bonds is 9. The van der Waals surface area contributed by atoms with Gasteiger partial charge in [-0.2, -0.15) is 0 Å². The van der Waals surface area contributed by atoms with Gasteiger partial charge in [-0.15, -0.1) is 0 Å². The van der Waals surface area contributed by atoms with Crippen LogP contribution in [0.25, 0.3) is 0 Å². The highest BCUT2D eigenvalue weighted by Crippen LogP contribution is 2.07. The predicted molar refractivity (Wildman–Crippen MR) is 77.0 cm³/mol. The van der Waals surface area contributed by atoms with Crippen molar-refractivity contribution in [3.05, 3.63) is 0 Å². The lowest BCUT2D eigenvalue weighted by Gasteiger charge is -2.23. The van der Waals surface area contributed by atoms with Crippen molar-refractivity contribution in [3.63, 3.8) is 0 Å². The minimum atomic E-state index is 0.240. The fourth-order valence-electron chi connectivity index (χ4n) is 1.51. The molecule has 2 N–H and O–H groups in total. The monoisotopic (exact) mass is 258 g/mol. The van der Waals surface area contributed by atoms with Crippen molar-refractivity contribution in [2.75, 3.05) is 13.1 Å². The van der Waals surface area contributed by atoms with Crippen molar-refractivity contribution in [2.45, 2.75) is 52.9 Å². The molecule has 0 unspecified atom stereocenters. The van der Waals surface area contributed by atoms with E-state index >= 15 is 0 Å². The predicted octanol–water partition coefficient (Wildman–Crippen LogP) is 2.73. The second-order valence-corrected chi connectivity index (χ2v) is 5.41. The highest BCUT2D eigenvalue weighted by Gasteiger charge is 2.13. The summed E-state index contributed by atoms with van der Waals surface area (Å²) in [5.74, 6) is 0.852. The zero-order valence-electron chi connectivity index (χ0n) is 11.4. The lowest BCUT2D eigenvalue weighted by atomic mass is 10.1. The van der Waals surface area contributed by atoms with E-state index in [2.05, 4.69) is 20.8 Å². The SMILES string of the molecule is CCCCC(=O)N(CCC(N)=S)CCC(C)C. The van der Waals surface area contributed by atoms with Gasteiger partial charge in [0.05, 0.1) is 4.99 Å². The first-order valence-electron chi connectivity index (χ1n) is 6.53. The average molecular weight is 258 g/mol. The molecule has 4 heteroatoms. The van der Waals surface area contributed by atoms with Crippen LogP contribution in [0.2, 0.25) is 0 Å². The van der Waals surface area contributed by atoms with Gasteiger partial charge in [0.25, 0.3) is 0 Å². The second-order valence-electron chi connectivity index (χ2n) is 4.88. The maximum absolute atomic E-state index is 12.0. The normalized spacial score (nSPS) is 10.6. The van der Waals surface area contributed by atoms with Gasteiger partial charge in [-0.05, 0) is 18.8 Å². The molecule has 0 saturated heterocycles. The Morgan fingerprint density at radius 3 is 2.41 bits per heavy atom. The van der Waals surface area contributed by atoms with Crippen LogP contribution in [0.5, 0.6) is 0 Å². The number of amides is 1. The van der Waals surface area contributed by atoms with Crippen LogP contribution < -0.4 is 5.73 Å². The van der Waals surface area contributed by atoms with Crippen molar-refractivity contribution < 1.29 is 4.79 Å². The molecule has 0 radical (unpaired) electrons. The number of hydrogen-bond acceptors (Lipinski definition) is 2. The first-order chi connectivity index (χ1) is 7.97. The van der Waals surface area contributed by atoms with Crippen LogP contribution in [0.15, 0.2) is 0 Å². The fourth-order valence-corrected chi connectivity index (χ4v) is 1.60. The van der Waals surface area contributed by atoms with Crippen LogP contribution in [0.1, 0.15) is 52.9 Å². The molecule has 1 amide bonds. The summed E-state index contributed by atoms with van der Waals surface area (Å²) >= 11 is 4.86. The highest BCUT2D eigenvalue weighted by atomic mass is 32.1. The largest absolute Gasteiger partial charge is 0.393 e. The molecular weight excluding hydrogens is 232 g/mol. The number of nitrogens with zero attached hydrogens (tertiary/aromatic N) is 1. The molecule has 0 rings (SSSR count). The van der Waals surface area contributed by atoms with Gasteiger partial charge < -0.3 is 10.6 Å². The van der Waals surface area contributed by atoms with Gasteiger partial charge in [-0.3, -0.25) is 4.79 Å². The van der Waals surface area contributed by atoms with Gasteiger partial charge in [-0.1, -0.05) is 39.4 Å². The topological polar surface area (TPSA) is 46.3 Å². The molecule has 0 bridgehead atoms. The summed E-state index contributed by atoms with van der Waals surface area (Å²) in [6.45, 7) is 7.93. The van der Waals surface area contributed by atoms with Crippen LogP contribution >= 0.6 is 12.2 Å². The Balaban J connectivity index is 4.17. The number of carbonyl (C=O) groups is 1. The van der Waals surface area contributed by atoms with E-state index in [1.165, 1.54) is 0 Å². The number of hydrogen-bond donors (Lipinski definition) is 1. The molecule has 100 valence electrons. The maximum Gasteiger partial charge on any atom is 0.222 e. The zero-order valence-corrected chi connectivity index (χ0v) is 12.2. The average Bonchev–Trinajstić information content (AvgIpc) is 2.25. The van der Waals surface area contributed by atoms with E-state index in [0.717, 1.165) is 25.8 Å². The van der Waals surface area contributed by atoms with Gasteiger partial charge >= 0.3 is 0 Å². The first kappa shape index (κ1) is 16.4. The minimum Gasteiger partial charge on any atom is -0.393 e. The molecule has 0 fully saturated rings. The van der Waals surface area contributed by atoms with Crippen molar-refractivity contribution in [1.82, 2.24) is 4.90 Å². The van der Waals surface area contributed by atoms with E-state index < -0.39 is 0 Å². The molecule has 0 atom stereocenters. The third kappa shape index (κ3) is 9.10. The smallest absolute Gasteiger partial charge is 0.222 e. The third-order valence-electron chi connectivity index (χ3n) is 2.70. The summed E-state index contributed by atoms with van der Waals surface area (Å²) in [6.07, 6.45) is 4.33. The van der Waals surface area contributed by atoms with E-state index in [0.29, 0.717) is 30.3 Å². The Bertz CT molecular complexity index is 242. The number of nitrogens with two attached hydrogens (primary N) is 1. The van der Waals surface area contributed by atoms with E-state index in [1.54, 1.807) is 0 Å². The summed E-state index contributed by atoms with van der Waals surface area (Å²) < 4.78 is 0. The van der Waals surface area contributed by atoms with E-state index in [-0.39, 0.29) is 5.91 Å². The molecule has 0 aliphatic carbocycles. The molecule has 0 aromatic rings. The summed E-state index contributed by atoms with van der Waals surface area (Å²) in [5.41, 5.74) is 5.49. The van der Waals surface area contributed by atoms with Gasteiger partial charge in [0.2, 0.25) is 5.91 Å². The lowest BCUT2D eigenvalue weighted by Crippen LogP contribution is -2.35. The van der Waals surface area contributed by atoms with Crippen LogP contribution in [0, 0.1) is 5.92 Å². The summed E-state index contributed by atoms with van der Waals surface area (Å²) in [7, 11) is 0. The number of unbranched alkanes of at least 4 members (excludes halogenated alkanes) is 1. The summed E-state index contributed by atoms with van der Waals surface area (Å²) in [6, 6.07) is 0. The molecule has 0 aliphatic heterocycles. The third-order valence-corrected chi connectivity index (χ3v) is 2.91. The molecule has 3 nitrogen and oxygen atoms in total. The van der Waals surface area contributed by atoms with Gasteiger partial charge in [0, 0.05) is 25.9 Å². The number of thiocarbonyl (C=S) groups is 1.